The van der Waals surface area contributed by atoms with Gasteiger partial charge in [-0.15, -0.1) is 0 Å². The highest BCUT2D eigenvalue weighted by molar-refractivity contribution is 5.71. The molecule has 0 radical (unpaired) electrons. The molecule has 1 unspecified atom stereocenters. The summed E-state index contributed by atoms with van der Waals surface area (Å²) in [7, 11) is 0. The summed E-state index contributed by atoms with van der Waals surface area (Å²) in [6.07, 6.45) is 98.7. The molecule has 0 aromatic carbocycles. The lowest BCUT2D eigenvalue weighted by molar-refractivity contribution is -0.167. The molecule has 0 bridgehead atoms. The summed E-state index contributed by atoms with van der Waals surface area (Å²) in [6.45, 7) is 6.19. The summed E-state index contributed by atoms with van der Waals surface area (Å²) >= 11 is 0. The molecular formula is C73H110O6. The van der Waals surface area contributed by atoms with E-state index in [1.165, 1.54) is 0 Å². The quantitative estimate of drug-likeness (QED) is 0.0261. The van der Waals surface area contributed by atoms with Crippen LogP contribution in [-0.4, -0.2) is 37.2 Å². The zero-order valence-corrected chi connectivity index (χ0v) is 50.0. The Balaban J connectivity index is 4.40. The van der Waals surface area contributed by atoms with E-state index in [2.05, 4.69) is 215 Å². The molecule has 0 heterocycles. The van der Waals surface area contributed by atoms with Crippen LogP contribution in [0.4, 0.5) is 0 Å². The molecule has 0 aliphatic carbocycles. The number of hydrogen-bond acceptors (Lipinski definition) is 6. The van der Waals surface area contributed by atoms with E-state index < -0.39 is 6.10 Å². The van der Waals surface area contributed by atoms with E-state index in [1.54, 1.807) is 0 Å². The normalized spacial score (nSPS) is 13.5. The molecule has 0 rings (SSSR count). The van der Waals surface area contributed by atoms with Crippen molar-refractivity contribution in [3.05, 3.63) is 194 Å². The molecule has 0 aromatic heterocycles. The van der Waals surface area contributed by atoms with E-state index in [0.29, 0.717) is 19.3 Å². The van der Waals surface area contributed by atoms with Gasteiger partial charge in [0.15, 0.2) is 6.10 Å². The summed E-state index contributed by atoms with van der Waals surface area (Å²) in [5.74, 6) is -1.03. The second-order valence-electron chi connectivity index (χ2n) is 19.5. The average Bonchev–Trinajstić information content (AvgIpc) is 3.45. The van der Waals surface area contributed by atoms with Gasteiger partial charge in [-0.2, -0.15) is 0 Å². The first-order chi connectivity index (χ1) is 39.0. The van der Waals surface area contributed by atoms with Gasteiger partial charge in [-0.25, -0.2) is 0 Å². The Kier molecular flexibility index (Phi) is 60.1. The fourth-order valence-electron chi connectivity index (χ4n) is 7.56. The number of ether oxygens (including phenoxy) is 3. The largest absolute Gasteiger partial charge is 0.462 e. The molecular weight excluding hydrogens is 973 g/mol. The molecule has 0 amide bonds. The minimum Gasteiger partial charge on any atom is -0.462 e. The van der Waals surface area contributed by atoms with Gasteiger partial charge in [0, 0.05) is 19.3 Å². The molecule has 438 valence electrons. The summed E-state index contributed by atoms with van der Waals surface area (Å²) in [6, 6.07) is 0. The van der Waals surface area contributed by atoms with E-state index in [1.807, 2.05) is 0 Å². The second-order valence-corrected chi connectivity index (χ2v) is 19.5. The number of rotatable bonds is 53. The molecule has 6 nitrogen and oxygen atoms in total. The van der Waals surface area contributed by atoms with Crippen LogP contribution in [0, 0.1) is 0 Å². The van der Waals surface area contributed by atoms with Gasteiger partial charge in [-0.1, -0.05) is 241 Å². The molecule has 0 aliphatic heterocycles. The zero-order valence-electron chi connectivity index (χ0n) is 50.0. The molecule has 0 spiro atoms. The maximum absolute atomic E-state index is 12.8. The predicted octanol–water partition coefficient (Wildman–Crippen LogP) is 21.4. The van der Waals surface area contributed by atoms with Crippen molar-refractivity contribution in [2.24, 2.45) is 0 Å². The van der Waals surface area contributed by atoms with Crippen molar-refractivity contribution < 1.29 is 28.6 Å². The van der Waals surface area contributed by atoms with Gasteiger partial charge in [0.25, 0.3) is 0 Å². The Morgan fingerprint density at radius 1 is 0.253 bits per heavy atom. The smallest absolute Gasteiger partial charge is 0.306 e. The molecule has 0 aliphatic rings. The van der Waals surface area contributed by atoms with E-state index in [0.717, 1.165) is 180 Å². The van der Waals surface area contributed by atoms with E-state index >= 15 is 0 Å². The molecule has 0 fully saturated rings. The van der Waals surface area contributed by atoms with Crippen LogP contribution in [0.1, 0.15) is 226 Å². The van der Waals surface area contributed by atoms with Crippen LogP contribution < -0.4 is 0 Å². The Morgan fingerprint density at radius 3 is 0.747 bits per heavy atom. The van der Waals surface area contributed by atoms with Crippen LogP contribution in [0.5, 0.6) is 0 Å². The van der Waals surface area contributed by atoms with Crippen LogP contribution in [0.15, 0.2) is 194 Å². The third-order valence-electron chi connectivity index (χ3n) is 12.1. The fourth-order valence-corrected chi connectivity index (χ4v) is 7.56. The van der Waals surface area contributed by atoms with E-state index in [-0.39, 0.29) is 37.5 Å². The minimum atomic E-state index is -0.832. The van der Waals surface area contributed by atoms with Gasteiger partial charge in [-0.3, -0.25) is 14.4 Å². The van der Waals surface area contributed by atoms with Crippen LogP contribution in [0.25, 0.3) is 0 Å². The van der Waals surface area contributed by atoms with Crippen LogP contribution >= 0.6 is 0 Å². The van der Waals surface area contributed by atoms with Crippen LogP contribution in [-0.2, 0) is 28.6 Å². The van der Waals surface area contributed by atoms with Crippen molar-refractivity contribution >= 4 is 17.9 Å². The molecule has 0 saturated heterocycles. The summed E-state index contributed by atoms with van der Waals surface area (Å²) in [5.41, 5.74) is 0. The lowest BCUT2D eigenvalue weighted by Crippen LogP contribution is -2.30. The van der Waals surface area contributed by atoms with Crippen molar-refractivity contribution in [3.8, 4) is 0 Å². The van der Waals surface area contributed by atoms with Crippen molar-refractivity contribution in [1.82, 2.24) is 0 Å². The predicted molar refractivity (Wildman–Crippen MR) is 343 cm³/mol. The highest BCUT2D eigenvalue weighted by atomic mass is 16.6. The molecule has 79 heavy (non-hydrogen) atoms. The van der Waals surface area contributed by atoms with E-state index in [9.17, 15) is 14.4 Å². The topological polar surface area (TPSA) is 78.9 Å². The fraction of sp³-hybridized carbons (Fsp3) is 0.521. The van der Waals surface area contributed by atoms with Crippen molar-refractivity contribution in [1.29, 1.82) is 0 Å². The Labute approximate surface area is 484 Å². The highest BCUT2D eigenvalue weighted by Gasteiger charge is 2.19. The SMILES string of the molecule is CC/C=C\C/C=C\C/C=C\C/C=C\C/C=C\C/C=C\C/C=C\C/C=C\C/C=C\CCCCCCCC(=O)OCC(COC(=O)CCCCC/C=C\C/C=C\C/C=C\CC)OC(=O)CCCC/C=C\C/C=C\C/C=C\C/C=C\CC. The Hall–Kier alpha value is -5.75. The summed E-state index contributed by atoms with van der Waals surface area (Å²) in [4.78, 5) is 38.2. The zero-order chi connectivity index (χ0) is 57.1. The first kappa shape index (κ1) is 73.2. The monoisotopic (exact) mass is 1080 g/mol. The maximum Gasteiger partial charge on any atom is 0.306 e. The first-order valence-corrected chi connectivity index (χ1v) is 30.9. The van der Waals surface area contributed by atoms with Gasteiger partial charge in [0.1, 0.15) is 13.2 Å². The van der Waals surface area contributed by atoms with Gasteiger partial charge in [-0.05, 0) is 161 Å². The number of hydrogen-bond donors (Lipinski definition) is 0. The molecule has 0 saturated carbocycles. The third kappa shape index (κ3) is 63.0. The number of esters is 3. The average molecular weight is 1080 g/mol. The van der Waals surface area contributed by atoms with E-state index in [4.69, 9.17) is 14.2 Å². The third-order valence-corrected chi connectivity index (χ3v) is 12.1. The summed E-state index contributed by atoms with van der Waals surface area (Å²) in [5, 5.41) is 0. The molecule has 0 aromatic rings. The van der Waals surface area contributed by atoms with Crippen LogP contribution in [0.3, 0.4) is 0 Å². The number of carbonyl (C=O) groups excluding carboxylic acids is 3. The summed E-state index contributed by atoms with van der Waals surface area (Å²) < 4.78 is 16.8. The Morgan fingerprint density at radius 2 is 0.456 bits per heavy atom. The van der Waals surface area contributed by atoms with Gasteiger partial charge in [0.2, 0.25) is 0 Å². The highest BCUT2D eigenvalue weighted by Crippen LogP contribution is 2.12. The number of carbonyl (C=O) groups is 3. The first-order valence-electron chi connectivity index (χ1n) is 30.9. The number of allylic oxidation sites excluding steroid dienone is 32. The molecule has 6 heteroatoms. The Bertz CT molecular complexity index is 1920. The standard InChI is InChI=1S/C73H110O6/c1-4-7-10-13-16-19-22-25-27-28-29-30-31-32-33-34-35-36-37-38-39-40-41-42-43-44-46-48-51-54-57-60-63-66-72(75)78-69-70(68-77-71(74)65-62-59-56-53-50-47-24-21-18-15-12-9-6-3)79-73(76)67-64-61-58-55-52-49-45-26-23-20-17-14-11-8-5-2/h7-12,16-21,25-27,29-30,32-33,35-36,38-39,41-42,44-47,50,52,55,70H,4-6,13-15,22-24,28,31,34,37,40,43,48-49,51,53-54,56-69H2,1-3H3/b10-7-,11-8-,12-9-,19-16-,20-17-,21-18-,27-25-,30-29-,33-32-,36-35-,39-38-,42-41-,45-26-,46-44-,50-47-,55-52-. The second kappa shape index (κ2) is 64.8. The van der Waals surface area contributed by atoms with Crippen molar-refractivity contribution in [2.45, 2.75) is 232 Å². The lowest BCUT2D eigenvalue weighted by Gasteiger charge is -2.18. The van der Waals surface area contributed by atoms with Crippen molar-refractivity contribution in [3.63, 3.8) is 0 Å². The number of unbranched alkanes of at least 4 members (excludes halogenated alkanes) is 10. The lowest BCUT2D eigenvalue weighted by atomic mass is 10.1. The van der Waals surface area contributed by atoms with Crippen molar-refractivity contribution in [2.75, 3.05) is 13.2 Å². The van der Waals surface area contributed by atoms with Gasteiger partial charge in [0.05, 0.1) is 0 Å². The minimum absolute atomic E-state index is 0.125. The van der Waals surface area contributed by atoms with Gasteiger partial charge >= 0.3 is 17.9 Å². The van der Waals surface area contributed by atoms with Gasteiger partial charge < -0.3 is 14.2 Å². The maximum atomic E-state index is 12.8. The molecule has 0 N–H and O–H groups in total. The van der Waals surface area contributed by atoms with Crippen LogP contribution in [0.2, 0.25) is 0 Å². The molecule has 1 atom stereocenters.